The van der Waals surface area contributed by atoms with E-state index >= 15 is 0 Å². The van der Waals surface area contributed by atoms with Crippen LogP contribution in [0.5, 0.6) is 5.75 Å². The van der Waals surface area contributed by atoms with Crippen LogP contribution in [0.4, 0.5) is 5.82 Å². The summed E-state index contributed by atoms with van der Waals surface area (Å²) in [5, 5.41) is 11.4. The molecule has 7 rings (SSSR count). The zero-order chi connectivity index (χ0) is 23.1. The van der Waals surface area contributed by atoms with Gasteiger partial charge in [-0.25, -0.2) is 4.98 Å². The molecule has 0 spiro atoms. The number of nitrogens with zero attached hydrogens (tertiary/aromatic N) is 5. The van der Waals surface area contributed by atoms with E-state index in [1.807, 2.05) is 55.6 Å². The number of rotatable bonds is 1. The second-order valence-electron chi connectivity index (χ2n) is 8.87. The Morgan fingerprint density at radius 2 is 1.88 bits per heavy atom. The fraction of sp³-hybridized carbons (Fsp3) is 0.269. The van der Waals surface area contributed by atoms with Crippen molar-refractivity contribution >= 4 is 11.7 Å². The monoisotopic (exact) mass is 452 g/mol. The minimum absolute atomic E-state index is 0.0496. The molecule has 1 fully saturated rings. The Bertz CT molecular complexity index is 1360. The Balaban J connectivity index is 1.44. The molecule has 170 valence electrons. The number of aryl methyl sites for hydroxylation is 1. The van der Waals surface area contributed by atoms with Gasteiger partial charge in [0.25, 0.3) is 5.91 Å². The van der Waals surface area contributed by atoms with Crippen molar-refractivity contribution in [2.24, 2.45) is 0 Å². The first-order chi connectivity index (χ1) is 16.6. The van der Waals surface area contributed by atoms with Crippen molar-refractivity contribution < 1.29 is 9.53 Å². The maximum atomic E-state index is 13.4. The molecule has 5 heterocycles. The normalized spacial score (nSPS) is 19.4. The lowest BCUT2D eigenvalue weighted by atomic mass is 9.92. The van der Waals surface area contributed by atoms with Crippen molar-refractivity contribution in [2.45, 2.75) is 44.8 Å². The zero-order valence-electron chi connectivity index (χ0n) is 18.8. The molecular formula is C26H24N6O2. The topological polar surface area (TPSA) is 94.8 Å². The van der Waals surface area contributed by atoms with Crippen LogP contribution in [-0.4, -0.2) is 36.7 Å². The van der Waals surface area contributed by atoms with Gasteiger partial charge in [0.1, 0.15) is 23.6 Å². The zero-order valence-corrected chi connectivity index (χ0v) is 18.8. The van der Waals surface area contributed by atoms with Gasteiger partial charge in [-0.2, -0.15) is 0 Å². The van der Waals surface area contributed by atoms with Gasteiger partial charge in [0, 0.05) is 23.5 Å². The van der Waals surface area contributed by atoms with E-state index in [1.165, 1.54) is 0 Å². The van der Waals surface area contributed by atoms with Crippen LogP contribution in [0.3, 0.4) is 0 Å². The smallest absolute Gasteiger partial charge is 0.260 e. The lowest BCUT2D eigenvalue weighted by Gasteiger charge is -2.31. The Hall–Kier alpha value is -4.07. The van der Waals surface area contributed by atoms with E-state index in [0.717, 1.165) is 42.5 Å². The molecule has 0 saturated heterocycles. The van der Waals surface area contributed by atoms with Crippen molar-refractivity contribution in [3.05, 3.63) is 72.3 Å². The molecule has 1 aliphatic carbocycles. The Morgan fingerprint density at radius 3 is 2.71 bits per heavy atom. The number of amides is 1. The number of fused-ring (bicyclic) bond motifs is 3. The highest BCUT2D eigenvalue weighted by molar-refractivity contribution is 6.06. The molecule has 4 bridgehead atoms. The van der Waals surface area contributed by atoms with Gasteiger partial charge in [-0.05, 0) is 68.5 Å². The van der Waals surface area contributed by atoms with Gasteiger partial charge in [0.15, 0.2) is 5.82 Å². The summed E-state index contributed by atoms with van der Waals surface area (Å²) in [5.41, 5.74) is 3.96. The average Bonchev–Trinajstić information content (AvgIpc) is 3.35. The fourth-order valence-electron chi connectivity index (χ4n) is 4.75. The van der Waals surface area contributed by atoms with Crippen molar-refractivity contribution in [1.29, 1.82) is 0 Å². The summed E-state index contributed by atoms with van der Waals surface area (Å²) < 4.78 is 8.50. The number of hydrogen-bond acceptors (Lipinski definition) is 6. The van der Waals surface area contributed by atoms with Crippen LogP contribution in [0.15, 0.2) is 61.1 Å². The number of benzene rings is 1. The second-order valence-corrected chi connectivity index (χ2v) is 8.87. The van der Waals surface area contributed by atoms with E-state index in [1.54, 1.807) is 12.4 Å². The number of aromatic nitrogens is 5. The van der Waals surface area contributed by atoms with E-state index in [0.29, 0.717) is 34.7 Å². The highest BCUT2D eigenvalue weighted by Crippen LogP contribution is 2.35. The SMILES string of the molecule is Cc1ccc(-c2ccc3c(c2)C(=O)Nc2cccc(n2)-c2nncn2[C@H]2CC[C@H](CC2)O3)cn1. The molecule has 0 radical (unpaired) electrons. The van der Waals surface area contributed by atoms with Crippen LogP contribution in [0.1, 0.15) is 47.8 Å². The Morgan fingerprint density at radius 1 is 1.03 bits per heavy atom. The summed E-state index contributed by atoms with van der Waals surface area (Å²) in [6.07, 6.45) is 7.32. The maximum absolute atomic E-state index is 13.4. The molecule has 3 aliphatic rings. The third-order valence-corrected chi connectivity index (χ3v) is 6.59. The van der Waals surface area contributed by atoms with Gasteiger partial charge >= 0.3 is 0 Å². The highest BCUT2D eigenvalue weighted by atomic mass is 16.5. The minimum atomic E-state index is -0.270. The molecule has 34 heavy (non-hydrogen) atoms. The Kier molecular flexibility index (Phi) is 5.05. The first-order valence-electron chi connectivity index (χ1n) is 11.6. The molecule has 1 aromatic carbocycles. The number of carbonyl (C=O) groups excluding carboxylic acids is 1. The van der Waals surface area contributed by atoms with Crippen LogP contribution in [0.2, 0.25) is 0 Å². The average molecular weight is 453 g/mol. The predicted molar refractivity (Wildman–Crippen MR) is 128 cm³/mol. The van der Waals surface area contributed by atoms with Crippen molar-refractivity contribution in [1.82, 2.24) is 24.7 Å². The molecule has 0 unspecified atom stereocenters. The summed E-state index contributed by atoms with van der Waals surface area (Å²) in [4.78, 5) is 22.5. The van der Waals surface area contributed by atoms with Crippen LogP contribution >= 0.6 is 0 Å². The summed E-state index contributed by atoms with van der Waals surface area (Å²) in [6, 6.07) is 15.5. The molecular weight excluding hydrogens is 428 g/mol. The van der Waals surface area contributed by atoms with Crippen molar-refractivity contribution in [3.8, 4) is 28.4 Å². The van der Waals surface area contributed by atoms with E-state index < -0.39 is 0 Å². The van der Waals surface area contributed by atoms with E-state index in [-0.39, 0.29) is 12.0 Å². The summed E-state index contributed by atoms with van der Waals surface area (Å²) in [6.45, 7) is 1.95. The lowest BCUT2D eigenvalue weighted by Crippen LogP contribution is -2.27. The van der Waals surface area contributed by atoms with E-state index in [9.17, 15) is 4.79 Å². The number of nitrogens with one attached hydrogen (secondary N) is 1. The maximum Gasteiger partial charge on any atom is 0.260 e. The van der Waals surface area contributed by atoms with E-state index in [2.05, 4.69) is 30.0 Å². The molecule has 1 saturated carbocycles. The summed E-state index contributed by atoms with van der Waals surface area (Å²) in [5.74, 6) is 1.48. The number of carbonyl (C=O) groups is 1. The largest absolute Gasteiger partial charge is 0.490 e. The first kappa shape index (κ1) is 20.5. The molecule has 4 aromatic rings. The quantitative estimate of drug-likeness (QED) is 0.444. The number of hydrogen-bond donors (Lipinski definition) is 1. The van der Waals surface area contributed by atoms with Crippen LogP contribution < -0.4 is 10.1 Å². The second kappa shape index (κ2) is 8.37. The minimum Gasteiger partial charge on any atom is -0.490 e. The molecule has 2 aliphatic heterocycles. The highest BCUT2D eigenvalue weighted by Gasteiger charge is 2.28. The molecule has 8 heteroatoms. The fourth-order valence-corrected chi connectivity index (χ4v) is 4.75. The third-order valence-electron chi connectivity index (χ3n) is 6.59. The van der Waals surface area contributed by atoms with Crippen LogP contribution in [-0.2, 0) is 0 Å². The molecule has 3 aromatic heterocycles. The summed E-state index contributed by atoms with van der Waals surface area (Å²) >= 11 is 0. The molecule has 1 amide bonds. The predicted octanol–water partition coefficient (Wildman–Crippen LogP) is 4.84. The molecule has 8 nitrogen and oxygen atoms in total. The van der Waals surface area contributed by atoms with Gasteiger partial charge in [-0.1, -0.05) is 18.2 Å². The van der Waals surface area contributed by atoms with Gasteiger partial charge in [-0.15, -0.1) is 10.2 Å². The van der Waals surface area contributed by atoms with Crippen LogP contribution in [0.25, 0.3) is 22.6 Å². The first-order valence-corrected chi connectivity index (χ1v) is 11.6. The van der Waals surface area contributed by atoms with Crippen molar-refractivity contribution in [2.75, 3.05) is 5.32 Å². The number of pyridine rings is 2. The van der Waals surface area contributed by atoms with Gasteiger partial charge in [0.05, 0.1) is 11.7 Å². The van der Waals surface area contributed by atoms with Crippen LogP contribution in [0, 0.1) is 6.92 Å². The lowest BCUT2D eigenvalue weighted by molar-refractivity contribution is 0.100. The van der Waals surface area contributed by atoms with Gasteiger partial charge in [0.2, 0.25) is 0 Å². The molecule has 1 N–H and O–H groups in total. The third kappa shape index (κ3) is 3.81. The summed E-state index contributed by atoms with van der Waals surface area (Å²) in [7, 11) is 0. The van der Waals surface area contributed by atoms with Crippen molar-refractivity contribution in [3.63, 3.8) is 0 Å². The number of anilines is 1. The van der Waals surface area contributed by atoms with Gasteiger partial charge in [-0.3, -0.25) is 9.78 Å². The molecule has 0 atom stereocenters. The standard InChI is InChI=1S/C26H24N6O2/c1-16-5-6-18(14-27-16)17-7-12-23-21(13-17)26(33)30-24-4-2-3-22(29-24)25-31-28-15-32(25)19-8-10-20(34-23)11-9-19/h2-7,12-15,19-20H,8-11H2,1H3,(H,29,30,33)/t19-,20+. The van der Waals surface area contributed by atoms with E-state index in [4.69, 9.17) is 4.74 Å². The number of ether oxygens (including phenoxy) is 1. The Labute approximate surface area is 197 Å². The van der Waals surface area contributed by atoms with Gasteiger partial charge < -0.3 is 14.6 Å².